The molecule has 0 unspecified atom stereocenters. The van der Waals surface area contributed by atoms with E-state index in [0.29, 0.717) is 0 Å². The van der Waals surface area contributed by atoms with Crippen LogP contribution in [0.4, 0.5) is 17.1 Å². The van der Waals surface area contributed by atoms with Crippen molar-refractivity contribution in [2.45, 2.75) is 0 Å². The molecule has 0 atom stereocenters. The van der Waals surface area contributed by atoms with Crippen molar-refractivity contribution >= 4 is 92.7 Å². The lowest BCUT2D eigenvalue weighted by Gasteiger charge is -2.27. The molecule has 0 aliphatic carbocycles. The second-order valence-corrected chi connectivity index (χ2v) is 13.8. The van der Waals surface area contributed by atoms with Gasteiger partial charge in [0.25, 0.3) is 0 Å². The average molecular weight is 661 g/mol. The van der Waals surface area contributed by atoms with E-state index in [0.717, 1.165) is 17.1 Å². The van der Waals surface area contributed by atoms with E-state index in [9.17, 15) is 0 Å². The number of hydrogen-bond donors (Lipinski definition) is 0. The van der Waals surface area contributed by atoms with Crippen molar-refractivity contribution in [3.8, 4) is 5.69 Å². The molecule has 10 aromatic carbocycles. The number of aromatic nitrogens is 1. The minimum atomic E-state index is 1.13. The maximum absolute atomic E-state index is 2.44. The first-order chi connectivity index (χ1) is 25.8. The Kier molecular flexibility index (Phi) is 6.28. The SMILES string of the molecule is c1ccc(-n2c3ccccc3c3cc4c5ccc(N(c6ccc7ccccc7c6)c6ccc7ccccc7c6)cc5c5ccccc5c4cc32)cc1. The van der Waals surface area contributed by atoms with Gasteiger partial charge in [0.15, 0.2) is 0 Å². The Hall–Kier alpha value is -6.90. The predicted octanol–water partition coefficient (Wildman–Crippen LogP) is 14.0. The Morgan fingerprint density at radius 1 is 0.269 bits per heavy atom. The van der Waals surface area contributed by atoms with Crippen LogP contribution in [0.2, 0.25) is 0 Å². The van der Waals surface area contributed by atoms with Crippen LogP contribution in [-0.2, 0) is 0 Å². The molecule has 0 N–H and O–H groups in total. The van der Waals surface area contributed by atoms with Crippen molar-refractivity contribution in [1.29, 1.82) is 0 Å². The summed E-state index contributed by atoms with van der Waals surface area (Å²) >= 11 is 0. The fourth-order valence-electron chi connectivity index (χ4n) is 8.48. The van der Waals surface area contributed by atoms with Crippen molar-refractivity contribution in [2.24, 2.45) is 0 Å². The molecule has 0 spiro atoms. The first-order valence-electron chi connectivity index (χ1n) is 17.9. The molecule has 0 aliphatic rings. The van der Waals surface area contributed by atoms with E-state index >= 15 is 0 Å². The quantitative estimate of drug-likeness (QED) is 0.171. The molecular formula is C50H32N2. The van der Waals surface area contributed by atoms with E-state index < -0.39 is 0 Å². The summed E-state index contributed by atoms with van der Waals surface area (Å²) in [5.74, 6) is 0. The predicted molar refractivity (Wildman–Crippen MR) is 223 cm³/mol. The molecule has 11 aromatic rings. The lowest BCUT2D eigenvalue weighted by atomic mass is 9.92. The van der Waals surface area contributed by atoms with E-state index in [-0.39, 0.29) is 0 Å². The van der Waals surface area contributed by atoms with Crippen LogP contribution in [0.1, 0.15) is 0 Å². The maximum Gasteiger partial charge on any atom is 0.0547 e. The Morgan fingerprint density at radius 2 is 0.750 bits per heavy atom. The fourth-order valence-corrected chi connectivity index (χ4v) is 8.48. The van der Waals surface area contributed by atoms with Crippen molar-refractivity contribution in [3.63, 3.8) is 0 Å². The van der Waals surface area contributed by atoms with Gasteiger partial charge in [-0.1, -0.05) is 127 Å². The largest absolute Gasteiger partial charge is 0.310 e. The van der Waals surface area contributed by atoms with Crippen LogP contribution in [0.15, 0.2) is 194 Å². The van der Waals surface area contributed by atoms with Crippen LogP contribution in [0.3, 0.4) is 0 Å². The highest BCUT2D eigenvalue weighted by molar-refractivity contribution is 6.29. The fraction of sp³-hybridized carbons (Fsp3) is 0. The Morgan fingerprint density at radius 3 is 1.42 bits per heavy atom. The monoisotopic (exact) mass is 660 g/mol. The molecule has 0 saturated carbocycles. The lowest BCUT2D eigenvalue weighted by Crippen LogP contribution is -2.10. The van der Waals surface area contributed by atoms with E-state index in [1.165, 1.54) is 81.4 Å². The van der Waals surface area contributed by atoms with Gasteiger partial charge in [0.05, 0.1) is 11.0 Å². The molecule has 2 nitrogen and oxygen atoms in total. The minimum Gasteiger partial charge on any atom is -0.310 e. The zero-order valence-electron chi connectivity index (χ0n) is 28.4. The summed E-state index contributed by atoms with van der Waals surface area (Å²) in [4.78, 5) is 2.41. The number of para-hydroxylation sites is 2. The molecule has 242 valence electrons. The van der Waals surface area contributed by atoms with E-state index in [4.69, 9.17) is 0 Å². The number of rotatable bonds is 4. The molecule has 0 radical (unpaired) electrons. The minimum absolute atomic E-state index is 1.13. The second-order valence-electron chi connectivity index (χ2n) is 13.8. The summed E-state index contributed by atoms with van der Waals surface area (Å²) < 4.78 is 2.41. The Balaban J connectivity index is 1.20. The molecule has 0 amide bonds. The molecule has 1 heterocycles. The smallest absolute Gasteiger partial charge is 0.0547 e. The van der Waals surface area contributed by atoms with E-state index in [1.54, 1.807) is 0 Å². The summed E-state index contributed by atoms with van der Waals surface area (Å²) in [6.07, 6.45) is 0. The van der Waals surface area contributed by atoms with Crippen LogP contribution < -0.4 is 4.90 Å². The van der Waals surface area contributed by atoms with Crippen LogP contribution in [0.25, 0.3) is 81.4 Å². The normalized spacial score (nSPS) is 11.8. The standard InChI is InChI=1S/C50H32N2/c1-2-16-37(17-3-1)52-49-21-11-10-20-44(49)48-31-46-43-27-26-40(30-45(43)41-18-8-9-19-42(41)47(46)32-50(48)52)51(38-24-22-33-12-4-6-14-35(33)28-38)39-25-23-34-13-5-7-15-36(34)29-39/h1-32H. The highest BCUT2D eigenvalue weighted by Gasteiger charge is 2.19. The Bertz CT molecular complexity index is 3110. The number of benzene rings is 10. The first kappa shape index (κ1) is 28.9. The van der Waals surface area contributed by atoms with Crippen molar-refractivity contribution < 1.29 is 0 Å². The molecular weight excluding hydrogens is 629 g/mol. The van der Waals surface area contributed by atoms with Gasteiger partial charge < -0.3 is 9.47 Å². The molecule has 52 heavy (non-hydrogen) atoms. The zero-order chi connectivity index (χ0) is 34.2. The van der Waals surface area contributed by atoms with Gasteiger partial charge in [-0.3, -0.25) is 0 Å². The summed E-state index contributed by atoms with van der Waals surface area (Å²) in [6.45, 7) is 0. The number of anilines is 3. The Labute approximate surface area is 301 Å². The van der Waals surface area contributed by atoms with Crippen LogP contribution in [0, 0.1) is 0 Å². The molecule has 2 heteroatoms. The van der Waals surface area contributed by atoms with Gasteiger partial charge in [-0.15, -0.1) is 0 Å². The third kappa shape index (κ3) is 4.38. The second kappa shape index (κ2) is 11.3. The molecule has 0 saturated heterocycles. The number of nitrogens with zero attached hydrogens (tertiary/aromatic N) is 2. The third-order valence-electron chi connectivity index (χ3n) is 10.9. The van der Waals surface area contributed by atoms with Gasteiger partial charge in [-0.25, -0.2) is 0 Å². The summed E-state index contributed by atoms with van der Waals surface area (Å²) in [7, 11) is 0. The van der Waals surface area contributed by atoms with Crippen LogP contribution in [-0.4, -0.2) is 4.57 Å². The van der Waals surface area contributed by atoms with E-state index in [2.05, 4.69) is 204 Å². The number of fused-ring (bicyclic) bond motifs is 11. The molecule has 0 aliphatic heterocycles. The zero-order valence-corrected chi connectivity index (χ0v) is 28.4. The molecule has 0 fully saturated rings. The number of hydrogen-bond acceptors (Lipinski definition) is 1. The molecule has 0 bridgehead atoms. The van der Waals surface area contributed by atoms with Crippen LogP contribution >= 0.6 is 0 Å². The van der Waals surface area contributed by atoms with Crippen molar-refractivity contribution in [2.75, 3.05) is 4.90 Å². The van der Waals surface area contributed by atoms with Crippen molar-refractivity contribution in [3.05, 3.63) is 194 Å². The van der Waals surface area contributed by atoms with Gasteiger partial charge in [-0.2, -0.15) is 0 Å². The summed E-state index contributed by atoms with van der Waals surface area (Å²) in [6, 6.07) is 71.2. The van der Waals surface area contributed by atoms with E-state index in [1.807, 2.05) is 0 Å². The van der Waals surface area contributed by atoms with Gasteiger partial charge in [0.2, 0.25) is 0 Å². The highest BCUT2D eigenvalue weighted by Crippen LogP contribution is 2.44. The summed E-state index contributed by atoms with van der Waals surface area (Å²) in [5, 5.41) is 15.0. The summed E-state index contributed by atoms with van der Waals surface area (Å²) in [5.41, 5.74) is 7.01. The van der Waals surface area contributed by atoms with Gasteiger partial charge in [-0.05, 0) is 121 Å². The van der Waals surface area contributed by atoms with Gasteiger partial charge >= 0.3 is 0 Å². The molecule has 1 aromatic heterocycles. The average Bonchev–Trinajstić information content (AvgIpc) is 3.54. The third-order valence-corrected chi connectivity index (χ3v) is 10.9. The lowest BCUT2D eigenvalue weighted by molar-refractivity contribution is 1.18. The highest BCUT2D eigenvalue weighted by atomic mass is 15.1. The van der Waals surface area contributed by atoms with Crippen molar-refractivity contribution in [1.82, 2.24) is 4.57 Å². The topological polar surface area (TPSA) is 8.17 Å². The van der Waals surface area contributed by atoms with Gasteiger partial charge in [0.1, 0.15) is 0 Å². The van der Waals surface area contributed by atoms with Gasteiger partial charge in [0, 0.05) is 33.5 Å². The molecule has 11 rings (SSSR count). The first-order valence-corrected chi connectivity index (χ1v) is 17.9. The van der Waals surface area contributed by atoms with Crippen LogP contribution in [0.5, 0.6) is 0 Å². The maximum atomic E-state index is 2.44.